The number of unbranched alkanes of at least 4 members (excludes halogenated alkanes) is 3. The summed E-state index contributed by atoms with van der Waals surface area (Å²) in [5.41, 5.74) is 9.48. The number of benzene rings is 2. The molecule has 2 fully saturated rings. The molecule has 53 heavy (non-hydrogen) atoms. The molecule has 14 nitrogen and oxygen atoms in total. The van der Waals surface area contributed by atoms with Crippen LogP contribution in [0.2, 0.25) is 0 Å². The number of anilines is 1. The van der Waals surface area contributed by atoms with E-state index in [1.54, 1.807) is 23.1 Å². The monoisotopic (exact) mass is 743 g/mol. The maximum Gasteiger partial charge on any atom is 0.269 e. The Kier molecular flexibility index (Phi) is 11.5. The lowest BCUT2D eigenvalue weighted by Gasteiger charge is -2.34. The Hall–Kier alpha value is -5.18. The van der Waals surface area contributed by atoms with Gasteiger partial charge in [-0.05, 0) is 73.4 Å². The third kappa shape index (κ3) is 9.07. The van der Waals surface area contributed by atoms with Crippen molar-refractivity contribution in [1.29, 1.82) is 0 Å². The van der Waals surface area contributed by atoms with Crippen LogP contribution < -0.4 is 21.3 Å². The standard InChI is InChI=1S/C38H45N7O7S/c1-53(51,52)27-15-13-24(14-16-27)20-30-35(36(39)48)40-21-32(42-30)44-19-7-10-26(22-44)41-33(46)12-5-3-2-4-8-25-9-6-11-28-29(25)23-45(38(28)50)31-17-18-34(47)43-37(31)49/h6,9,11,13-16,21,26,31H,2-5,7-8,10,12,17-20,22-23H2,1H3,(H2,39,48)(H,41,46)(H,43,47,49). The maximum absolute atomic E-state index is 13.1. The second-order valence-electron chi connectivity index (χ2n) is 14.1. The number of nitrogens with one attached hydrogen (secondary N) is 2. The molecule has 0 radical (unpaired) electrons. The summed E-state index contributed by atoms with van der Waals surface area (Å²) in [6, 6.07) is 11.4. The number of primary amides is 1. The Morgan fingerprint density at radius 1 is 1.02 bits per heavy atom. The Balaban J connectivity index is 0.952. The molecule has 3 aliphatic rings. The first-order chi connectivity index (χ1) is 25.4. The smallest absolute Gasteiger partial charge is 0.269 e. The first-order valence-electron chi connectivity index (χ1n) is 18.1. The number of carbonyl (C=O) groups is 5. The average Bonchev–Trinajstić information content (AvgIpc) is 3.46. The molecule has 2 unspecified atom stereocenters. The second kappa shape index (κ2) is 16.2. The molecule has 3 aromatic rings. The zero-order chi connectivity index (χ0) is 37.7. The van der Waals surface area contributed by atoms with Crippen molar-refractivity contribution in [2.75, 3.05) is 24.2 Å². The molecule has 1 aromatic heterocycles. The number of hydrogen-bond donors (Lipinski definition) is 3. The van der Waals surface area contributed by atoms with Gasteiger partial charge in [-0.25, -0.2) is 18.4 Å². The second-order valence-corrected chi connectivity index (χ2v) is 16.1. The van der Waals surface area contributed by atoms with E-state index in [1.165, 1.54) is 18.3 Å². The zero-order valence-electron chi connectivity index (χ0n) is 29.8. The number of amides is 5. The van der Waals surface area contributed by atoms with Crippen molar-refractivity contribution in [3.8, 4) is 0 Å². The van der Waals surface area contributed by atoms with Gasteiger partial charge in [0.1, 0.15) is 17.6 Å². The van der Waals surface area contributed by atoms with E-state index >= 15 is 0 Å². The summed E-state index contributed by atoms with van der Waals surface area (Å²) in [5, 5.41) is 5.52. The fraction of sp³-hybridized carbons (Fsp3) is 0.447. The maximum atomic E-state index is 13.1. The van der Waals surface area contributed by atoms with Gasteiger partial charge in [0.05, 0.1) is 16.8 Å². The molecule has 6 rings (SSSR count). The number of carbonyl (C=O) groups excluding carboxylic acids is 5. The Labute approximate surface area is 308 Å². The third-order valence-electron chi connectivity index (χ3n) is 10.2. The topological polar surface area (TPSA) is 202 Å². The summed E-state index contributed by atoms with van der Waals surface area (Å²) in [6.45, 7) is 1.63. The fourth-order valence-electron chi connectivity index (χ4n) is 7.39. The highest BCUT2D eigenvalue weighted by Crippen LogP contribution is 2.31. The summed E-state index contributed by atoms with van der Waals surface area (Å²) in [6.07, 6.45) is 9.85. The minimum atomic E-state index is -3.34. The van der Waals surface area contributed by atoms with Gasteiger partial charge < -0.3 is 20.9 Å². The number of nitrogens with zero attached hydrogens (tertiary/aromatic N) is 4. The van der Waals surface area contributed by atoms with Gasteiger partial charge in [-0.15, -0.1) is 0 Å². The number of aromatic nitrogens is 2. The van der Waals surface area contributed by atoms with Gasteiger partial charge in [-0.3, -0.25) is 29.3 Å². The van der Waals surface area contributed by atoms with Crippen molar-refractivity contribution in [3.05, 3.63) is 82.3 Å². The van der Waals surface area contributed by atoms with Gasteiger partial charge in [0.25, 0.3) is 11.8 Å². The SMILES string of the molecule is CS(=O)(=O)c1ccc(Cc2nc(N3CCCC(NC(=O)CCCCCCc4cccc5c4CN(C4CCC(=O)NC4=O)C5=O)C3)cnc2C(N)=O)cc1. The van der Waals surface area contributed by atoms with Crippen molar-refractivity contribution >= 4 is 45.2 Å². The van der Waals surface area contributed by atoms with Gasteiger partial charge in [0.15, 0.2) is 9.84 Å². The summed E-state index contributed by atoms with van der Waals surface area (Å²) in [7, 11) is -3.34. The van der Waals surface area contributed by atoms with Crippen LogP contribution in [0.3, 0.4) is 0 Å². The molecule has 0 bridgehead atoms. The van der Waals surface area contributed by atoms with E-state index in [4.69, 9.17) is 10.7 Å². The third-order valence-corrected chi connectivity index (χ3v) is 11.3. The highest BCUT2D eigenvalue weighted by atomic mass is 32.2. The summed E-state index contributed by atoms with van der Waals surface area (Å²) < 4.78 is 23.7. The Bertz CT molecular complexity index is 2020. The van der Waals surface area contributed by atoms with E-state index in [9.17, 15) is 32.4 Å². The largest absolute Gasteiger partial charge is 0.364 e. The van der Waals surface area contributed by atoms with E-state index in [1.807, 2.05) is 17.0 Å². The van der Waals surface area contributed by atoms with Gasteiger partial charge >= 0.3 is 0 Å². The van der Waals surface area contributed by atoms with Crippen LogP contribution in [-0.4, -0.2) is 84.3 Å². The highest BCUT2D eigenvalue weighted by molar-refractivity contribution is 7.90. The Morgan fingerprint density at radius 2 is 1.79 bits per heavy atom. The molecule has 5 amide bonds. The summed E-state index contributed by atoms with van der Waals surface area (Å²) in [4.78, 5) is 75.0. The number of aryl methyl sites for hydroxylation is 1. The highest BCUT2D eigenvalue weighted by Gasteiger charge is 2.39. The molecule has 0 saturated carbocycles. The van der Waals surface area contributed by atoms with Crippen LogP contribution >= 0.6 is 0 Å². The van der Waals surface area contributed by atoms with Crippen LogP contribution in [0.4, 0.5) is 5.82 Å². The van der Waals surface area contributed by atoms with Crippen LogP contribution in [0.1, 0.15) is 101 Å². The predicted molar refractivity (Wildman–Crippen MR) is 196 cm³/mol. The van der Waals surface area contributed by atoms with Crippen molar-refractivity contribution in [1.82, 2.24) is 25.5 Å². The van der Waals surface area contributed by atoms with Crippen molar-refractivity contribution in [2.45, 2.75) is 94.2 Å². The minimum Gasteiger partial charge on any atom is -0.364 e. The first kappa shape index (κ1) is 37.6. The molecule has 15 heteroatoms. The molecule has 4 heterocycles. The normalized spacial score (nSPS) is 18.8. The van der Waals surface area contributed by atoms with Crippen LogP contribution in [0.5, 0.6) is 0 Å². The van der Waals surface area contributed by atoms with Gasteiger partial charge in [0.2, 0.25) is 17.7 Å². The fourth-order valence-corrected chi connectivity index (χ4v) is 8.02. The quantitative estimate of drug-likeness (QED) is 0.163. The number of imide groups is 1. The molecule has 4 N–H and O–H groups in total. The number of fused-ring (bicyclic) bond motifs is 1. The molecule has 2 atom stereocenters. The lowest BCUT2D eigenvalue weighted by Crippen LogP contribution is -2.52. The lowest BCUT2D eigenvalue weighted by atomic mass is 9.98. The molecular formula is C38H45N7O7S. The van der Waals surface area contributed by atoms with Crippen molar-refractivity contribution in [2.24, 2.45) is 5.73 Å². The first-order valence-corrected chi connectivity index (χ1v) is 20.0. The molecule has 2 aromatic carbocycles. The van der Waals surface area contributed by atoms with E-state index in [0.29, 0.717) is 49.6 Å². The van der Waals surface area contributed by atoms with Gasteiger partial charge in [-0.1, -0.05) is 37.1 Å². The van der Waals surface area contributed by atoms with Crippen LogP contribution in [0, 0.1) is 0 Å². The van der Waals surface area contributed by atoms with Gasteiger partial charge in [0, 0.05) is 56.8 Å². The molecule has 2 saturated heterocycles. The van der Waals surface area contributed by atoms with E-state index in [2.05, 4.69) is 15.6 Å². The Morgan fingerprint density at radius 3 is 2.53 bits per heavy atom. The molecule has 0 aliphatic carbocycles. The van der Waals surface area contributed by atoms with Crippen LogP contribution in [0.15, 0.2) is 53.6 Å². The number of hydrogen-bond acceptors (Lipinski definition) is 10. The number of nitrogens with two attached hydrogens (primary N) is 1. The number of rotatable bonds is 14. The lowest BCUT2D eigenvalue weighted by molar-refractivity contribution is -0.137. The predicted octanol–water partition coefficient (Wildman–Crippen LogP) is 2.61. The van der Waals surface area contributed by atoms with Crippen LogP contribution in [0.25, 0.3) is 0 Å². The molecular weight excluding hydrogens is 699 g/mol. The molecule has 280 valence electrons. The van der Waals surface area contributed by atoms with E-state index in [-0.39, 0.29) is 47.2 Å². The van der Waals surface area contributed by atoms with Crippen LogP contribution in [-0.2, 0) is 43.6 Å². The minimum absolute atomic E-state index is 0.00169. The summed E-state index contributed by atoms with van der Waals surface area (Å²) in [5.74, 6) is -1.01. The molecule has 3 aliphatic heterocycles. The van der Waals surface area contributed by atoms with Gasteiger partial charge in [-0.2, -0.15) is 0 Å². The zero-order valence-corrected chi connectivity index (χ0v) is 30.6. The number of sulfone groups is 1. The van der Waals surface area contributed by atoms with E-state index < -0.39 is 27.7 Å². The average molecular weight is 744 g/mol. The molecule has 0 spiro atoms. The van der Waals surface area contributed by atoms with Crippen molar-refractivity contribution in [3.63, 3.8) is 0 Å². The van der Waals surface area contributed by atoms with E-state index in [0.717, 1.165) is 67.9 Å². The number of piperidine rings is 2. The van der Waals surface area contributed by atoms with Crippen molar-refractivity contribution < 1.29 is 32.4 Å². The summed E-state index contributed by atoms with van der Waals surface area (Å²) >= 11 is 0.